The minimum absolute atomic E-state index is 0.267. The molecule has 0 N–H and O–H groups in total. The van der Waals surface area contributed by atoms with Gasteiger partial charge in [0.25, 0.3) is 0 Å². The number of ether oxygens (including phenoxy) is 1. The number of anilines is 1. The Kier molecular flexibility index (Phi) is 2.73. The van der Waals surface area contributed by atoms with Crippen molar-refractivity contribution < 1.29 is 13.9 Å². The lowest BCUT2D eigenvalue weighted by Gasteiger charge is -2.36. The first-order chi connectivity index (χ1) is 8.69. The highest BCUT2D eigenvalue weighted by atomic mass is 19.1. The van der Waals surface area contributed by atoms with Gasteiger partial charge >= 0.3 is 0 Å². The van der Waals surface area contributed by atoms with Crippen LogP contribution in [0.1, 0.15) is 25.7 Å². The molecular weight excluding hydrogens is 233 g/mol. The normalized spacial score (nSPS) is 26.6. The second kappa shape index (κ2) is 4.26. The van der Waals surface area contributed by atoms with Crippen molar-refractivity contribution in [1.82, 2.24) is 0 Å². The van der Waals surface area contributed by atoms with Crippen LogP contribution in [0.25, 0.3) is 0 Å². The number of methoxy groups -OCH3 is 1. The van der Waals surface area contributed by atoms with Gasteiger partial charge in [-0.15, -0.1) is 0 Å². The van der Waals surface area contributed by atoms with Gasteiger partial charge in [0.2, 0.25) is 0 Å². The standard InChI is InChI=1S/C14H16FNO2/c1-18-14-8-11(4-5-13(14)15)16-9-2-3-10(16)7-12(17)6-9/h4-5,8-10H,2-3,6-7H2,1H3. The Morgan fingerprint density at radius 2 is 1.94 bits per heavy atom. The number of fused-ring (bicyclic) bond motifs is 2. The summed E-state index contributed by atoms with van der Waals surface area (Å²) in [5, 5.41) is 0. The summed E-state index contributed by atoms with van der Waals surface area (Å²) in [5.74, 6) is 0.276. The number of halogens is 1. The summed E-state index contributed by atoms with van der Waals surface area (Å²) < 4.78 is 18.4. The van der Waals surface area contributed by atoms with Gasteiger partial charge in [-0.3, -0.25) is 4.79 Å². The number of nitrogens with zero attached hydrogens (tertiary/aromatic N) is 1. The summed E-state index contributed by atoms with van der Waals surface area (Å²) in [6.45, 7) is 0. The largest absolute Gasteiger partial charge is 0.494 e. The smallest absolute Gasteiger partial charge is 0.165 e. The summed E-state index contributed by atoms with van der Waals surface area (Å²) in [6, 6.07) is 5.51. The van der Waals surface area contributed by atoms with E-state index in [1.807, 2.05) is 0 Å². The molecule has 2 atom stereocenters. The van der Waals surface area contributed by atoms with Crippen LogP contribution in [0.4, 0.5) is 10.1 Å². The van der Waals surface area contributed by atoms with Gasteiger partial charge < -0.3 is 9.64 Å². The highest BCUT2D eigenvalue weighted by molar-refractivity contribution is 5.83. The lowest BCUT2D eigenvalue weighted by molar-refractivity contribution is -0.120. The quantitative estimate of drug-likeness (QED) is 0.806. The van der Waals surface area contributed by atoms with Gasteiger partial charge in [0.1, 0.15) is 5.78 Å². The minimum Gasteiger partial charge on any atom is -0.494 e. The van der Waals surface area contributed by atoms with Crippen molar-refractivity contribution in [3.05, 3.63) is 24.0 Å². The topological polar surface area (TPSA) is 29.5 Å². The number of hydrogen-bond donors (Lipinski definition) is 0. The summed E-state index contributed by atoms with van der Waals surface area (Å²) in [4.78, 5) is 13.8. The molecular formula is C14H16FNO2. The van der Waals surface area contributed by atoms with Crippen molar-refractivity contribution in [2.45, 2.75) is 37.8 Å². The van der Waals surface area contributed by atoms with Crippen molar-refractivity contribution in [2.75, 3.05) is 12.0 Å². The lowest BCUT2D eigenvalue weighted by Crippen LogP contribution is -2.43. The maximum atomic E-state index is 13.4. The molecule has 2 heterocycles. The average Bonchev–Trinajstić information content (AvgIpc) is 2.63. The zero-order chi connectivity index (χ0) is 12.7. The Morgan fingerprint density at radius 1 is 1.28 bits per heavy atom. The van der Waals surface area contributed by atoms with E-state index in [0.717, 1.165) is 18.5 Å². The highest BCUT2D eigenvalue weighted by Crippen LogP contribution is 2.39. The molecule has 96 valence electrons. The Bertz CT molecular complexity index is 473. The first-order valence-electron chi connectivity index (χ1n) is 6.32. The van der Waals surface area contributed by atoms with E-state index >= 15 is 0 Å². The first-order valence-corrected chi connectivity index (χ1v) is 6.32. The third kappa shape index (κ3) is 1.76. The van der Waals surface area contributed by atoms with Gasteiger partial charge in [-0.1, -0.05) is 0 Å². The number of ketones is 1. The predicted molar refractivity (Wildman–Crippen MR) is 66.5 cm³/mol. The summed E-state index contributed by atoms with van der Waals surface area (Å²) >= 11 is 0. The molecule has 1 aromatic rings. The van der Waals surface area contributed by atoms with Crippen LogP contribution in [0, 0.1) is 5.82 Å². The molecule has 4 heteroatoms. The molecule has 2 unspecified atom stereocenters. The van der Waals surface area contributed by atoms with E-state index in [1.165, 1.54) is 13.2 Å². The number of carbonyl (C=O) groups is 1. The fraction of sp³-hybridized carbons (Fsp3) is 0.500. The summed E-state index contributed by atoms with van der Waals surface area (Å²) in [5.41, 5.74) is 0.966. The monoisotopic (exact) mass is 249 g/mol. The Morgan fingerprint density at radius 3 is 2.56 bits per heavy atom. The Labute approximate surface area is 106 Å². The van der Waals surface area contributed by atoms with Gasteiger partial charge in [-0.2, -0.15) is 0 Å². The SMILES string of the molecule is COc1cc(N2C3CCC2CC(=O)C3)ccc1F. The molecule has 18 heavy (non-hydrogen) atoms. The van der Waals surface area contributed by atoms with Gasteiger partial charge in [0.05, 0.1) is 7.11 Å². The van der Waals surface area contributed by atoms with E-state index in [0.29, 0.717) is 18.6 Å². The van der Waals surface area contributed by atoms with E-state index in [9.17, 15) is 9.18 Å². The molecule has 0 aromatic heterocycles. The van der Waals surface area contributed by atoms with Crippen LogP contribution < -0.4 is 9.64 Å². The fourth-order valence-corrected chi connectivity index (χ4v) is 3.20. The molecule has 2 bridgehead atoms. The summed E-state index contributed by atoms with van der Waals surface area (Å²) in [7, 11) is 1.47. The third-order valence-corrected chi connectivity index (χ3v) is 3.98. The van der Waals surface area contributed by atoms with E-state index in [4.69, 9.17) is 4.74 Å². The summed E-state index contributed by atoms with van der Waals surface area (Å²) in [6.07, 6.45) is 3.35. The van der Waals surface area contributed by atoms with E-state index < -0.39 is 0 Å². The van der Waals surface area contributed by atoms with Crippen molar-refractivity contribution in [3.8, 4) is 5.75 Å². The number of carbonyl (C=O) groups excluding carboxylic acids is 1. The molecule has 0 amide bonds. The lowest BCUT2D eigenvalue weighted by atomic mass is 10.0. The van der Waals surface area contributed by atoms with Crippen molar-refractivity contribution >= 4 is 11.5 Å². The molecule has 1 aromatic carbocycles. The Hall–Kier alpha value is -1.58. The van der Waals surface area contributed by atoms with Gasteiger partial charge in [0.15, 0.2) is 11.6 Å². The molecule has 0 spiro atoms. The average molecular weight is 249 g/mol. The van der Waals surface area contributed by atoms with Crippen LogP contribution >= 0.6 is 0 Å². The van der Waals surface area contributed by atoms with Crippen molar-refractivity contribution in [2.24, 2.45) is 0 Å². The number of hydrogen-bond acceptors (Lipinski definition) is 3. The van der Waals surface area contributed by atoms with Gasteiger partial charge in [0, 0.05) is 36.7 Å². The second-order valence-electron chi connectivity index (χ2n) is 5.06. The van der Waals surface area contributed by atoms with Crippen LogP contribution in [0.15, 0.2) is 18.2 Å². The molecule has 3 nitrogen and oxygen atoms in total. The molecule has 0 radical (unpaired) electrons. The molecule has 0 aliphatic carbocycles. The molecule has 2 aliphatic rings. The molecule has 3 rings (SSSR count). The first kappa shape index (κ1) is 11.5. The molecule has 0 saturated carbocycles. The van der Waals surface area contributed by atoms with E-state index in [2.05, 4.69) is 4.90 Å². The van der Waals surface area contributed by atoms with Crippen molar-refractivity contribution in [3.63, 3.8) is 0 Å². The number of piperidine rings is 1. The number of benzene rings is 1. The van der Waals surface area contributed by atoms with Gasteiger partial charge in [-0.25, -0.2) is 4.39 Å². The van der Waals surface area contributed by atoms with E-state index in [-0.39, 0.29) is 23.7 Å². The number of rotatable bonds is 2. The van der Waals surface area contributed by atoms with Crippen LogP contribution in [0.3, 0.4) is 0 Å². The molecule has 2 aliphatic heterocycles. The second-order valence-corrected chi connectivity index (χ2v) is 5.06. The van der Waals surface area contributed by atoms with Gasteiger partial charge in [-0.05, 0) is 25.0 Å². The molecule has 2 fully saturated rings. The predicted octanol–water partition coefficient (Wildman–Crippen LogP) is 2.53. The highest BCUT2D eigenvalue weighted by Gasteiger charge is 2.40. The third-order valence-electron chi connectivity index (χ3n) is 3.98. The van der Waals surface area contributed by atoms with Crippen LogP contribution in [-0.4, -0.2) is 25.0 Å². The fourth-order valence-electron chi connectivity index (χ4n) is 3.20. The zero-order valence-corrected chi connectivity index (χ0v) is 10.4. The maximum Gasteiger partial charge on any atom is 0.165 e. The van der Waals surface area contributed by atoms with Crippen molar-refractivity contribution in [1.29, 1.82) is 0 Å². The molecule has 2 saturated heterocycles. The van der Waals surface area contributed by atoms with E-state index in [1.54, 1.807) is 12.1 Å². The number of Topliss-reactive ketones (excluding diaryl/α,β-unsaturated/α-hetero) is 1. The maximum absolute atomic E-state index is 13.4. The Balaban J connectivity index is 1.93. The minimum atomic E-state index is -0.346. The van der Waals surface area contributed by atoms with Crippen LogP contribution in [-0.2, 0) is 4.79 Å². The zero-order valence-electron chi connectivity index (χ0n) is 10.4. The van der Waals surface area contributed by atoms with Crippen LogP contribution in [0.2, 0.25) is 0 Å². The van der Waals surface area contributed by atoms with Crippen LogP contribution in [0.5, 0.6) is 5.75 Å².